The molecule has 0 aromatic heterocycles. The molecule has 0 saturated heterocycles. The Morgan fingerprint density at radius 3 is 2.17 bits per heavy atom. The zero-order valence-corrected chi connectivity index (χ0v) is 9.41. The lowest BCUT2D eigenvalue weighted by atomic mass is 10.3. The van der Waals surface area contributed by atoms with E-state index in [1.54, 1.807) is 24.3 Å². The summed E-state index contributed by atoms with van der Waals surface area (Å²) in [6, 6.07) is 0. The molecule has 2 unspecified atom stereocenters. The third-order valence-electron chi connectivity index (χ3n) is 1.06. The van der Waals surface area contributed by atoms with Crippen molar-refractivity contribution in [3.8, 4) is 0 Å². The summed E-state index contributed by atoms with van der Waals surface area (Å²) in [5.41, 5.74) is 0. The quantitative estimate of drug-likeness (QED) is 0.512. The number of allylic oxidation sites excluding steroid dienone is 4. The Labute approximate surface area is 93.1 Å². The molecule has 0 bridgehead atoms. The summed E-state index contributed by atoms with van der Waals surface area (Å²) in [4.78, 5) is 0. The van der Waals surface area contributed by atoms with Gasteiger partial charge >= 0.3 is 0 Å². The normalized spacial score (nSPS) is 17.3. The predicted octanol–water partition coefficient (Wildman–Crippen LogP) is 3.79. The summed E-state index contributed by atoms with van der Waals surface area (Å²) in [5.74, 6) is 0.859. The minimum Gasteiger partial charge on any atom is -0.125 e. The summed E-state index contributed by atoms with van der Waals surface area (Å²) in [5, 5.41) is -0.314. The van der Waals surface area contributed by atoms with Crippen LogP contribution in [0.5, 0.6) is 0 Å². The molecule has 0 aromatic rings. The Bertz CT molecular complexity index is 153. The molecule has 2 atom stereocenters. The predicted molar refractivity (Wildman–Crippen MR) is 59.0 cm³/mol. The Morgan fingerprint density at radius 2 is 1.67 bits per heavy atom. The van der Waals surface area contributed by atoms with Crippen molar-refractivity contribution in [2.24, 2.45) is 0 Å². The average molecular weight is 248 g/mol. The molecule has 0 aliphatic carbocycles. The highest BCUT2D eigenvalue weighted by molar-refractivity contribution is 6.29. The molecule has 0 aromatic carbocycles. The van der Waals surface area contributed by atoms with E-state index in [0.29, 0.717) is 11.8 Å². The van der Waals surface area contributed by atoms with Crippen molar-refractivity contribution in [1.82, 2.24) is 0 Å². The number of hydrogen-bond acceptors (Lipinski definition) is 0. The summed E-state index contributed by atoms with van der Waals surface area (Å²) >= 11 is 22.4. The standard InChI is InChI=1S/C8H10Cl4/c9-5-1-2-7(11)3-4-8(12)6-10/h1-4,7-8H,5-6H2. The van der Waals surface area contributed by atoms with E-state index in [4.69, 9.17) is 46.4 Å². The van der Waals surface area contributed by atoms with E-state index in [-0.39, 0.29) is 10.8 Å². The average Bonchev–Trinajstić information content (AvgIpc) is 2.10. The van der Waals surface area contributed by atoms with E-state index in [9.17, 15) is 0 Å². The lowest BCUT2D eigenvalue weighted by Crippen LogP contribution is -1.96. The van der Waals surface area contributed by atoms with Crippen LogP contribution in [0.2, 0.25) is 0 Å². The van der Waals surface area contributed by atoms with Crippen LogP contribution in [0, 0.1) is 0 Å². The maximum absolute atomic E-state index is 5.83. The van der Waals surface area contributed by atoms with E-state index in [2.05, 4.69) is 0 Å². The maximum atomic E-state index is 5.83. The van der Waals surface area contributed by atoms with E-state index in [0.717, 1.165) is 0 Å². The van der Waals surface area contributed by atoms with Crippen molar-refractivity contribution in [2.75, 3.05) is 11.8 Å². The van der Waals surface area contributed by atoms with E-state index in [1.807, 2.05) is 0 Å². The first-order valence-corrected chi connectivity index (χ1v) is 5.40. The van der Waals surface area contributed by atoms with Crippen molar-refractivity contribution in [3.05, 3.63) is 24.3 Å². The first-order chi connectivity index (χ1) is 5.70. The van der Waals surface area contributed by atoms with Crippen molar-refractivity contribution >= 4 is 46.4 Å². The van der Waals surface area contributed by atoms with Crippen LogP contribution < -0.4 is 0 Å². The molecule has 0 rings (SSSR count). The Morgan fingerprint density at radius 1 is 1.00 bits per heavy atom. The van der Waals surface area contributed by atoms with Crippen LogP contribution in [0.15, 0.2) is 24.3 Å². The third-order valence-corrected chi connectivity index (χ3v) is 2.32. The Kier molecular flexibility index (Phi) is 8.69. The van der Waals surface area contributed by atoms with Gasteiger partial charge in [0.15, 0.2) is 0 Å². The second-order valence-corrected chi connectivity index (χ2v) is 3.76. The van der Waals surface area contributed by atoms with Gasteiger partial charge in [0.1, 0.15) is 0 Å². The first kappa shape index (κ1) is 12.6. The van der Waals surface area contributed by atoms with Crippen molar-refractivity contribution < 1.29 is 0 Å². The van der Waals surface area contributed by atoms with Gasteiger partial charge in [-0.1, -0.05) is 24.3 Å². The molecule has 0 spiro atoms. The fourth-order valence-electron chi connectivity index (χ4n) is 0.524. The Balaban J connectivity index is 3.74. The molecular weight excluding hydrogens is 238 g/mol. The monoisotopic (exact) mass is 246 g/mol. The summed E-state index contributed by atoms with van der Waals surface area (Å²) < 4.78 is 0. The van der Waals surface area contributed by atoms with Gasteiger partial charge in [0.2, 0.25) is 0 Å². The number of hydrogen-bond donors (Lipinski definition) is 0. The smallest absolute Gasteiger partial charge is 0.0697 e. The van der Waals surface area contributed by atoms with Crippen molar-refractivity contribution in [3.63, 3.8) is 0 Å². The fourth-order valence-corrected chi connectivity index (χ4v) is 1.00. The second-order valence-electron chi connectivity index (χ2n) is 2.08. The summed E-state index contributed by atoms with van der Waals surface area (Å²) in [7, 11) is 0. The second kappa shape index (κ2) is 8.25. The first-order valence-electron chi connectivity index (χ1n) is 3.45. The zero-order chi connectivity index (χ0) is 9.40. The van der Waals surface area contributed by atoms with Gasteiger partial charge in [0.05, 0.1) is 10.8 Å². The van der Waals surface area contributed by atoms with Crippen molar-refractivity contribution in [2.45, 2.75) is 10.8 Å². The summed E-state index contributed by atoms with van der Waals surface area (Å²) in [6.07, 6.45) is 7.13. The molecule has 0 aliphatic rings. The summed E-state index contributed by atoms with van der Waals surface area (Å²) in [6.45, 7) is 0. The highest BCUT2D eigenvalue weighted by atomic mass is 35.5. The van der Waals surface area contributed by atoms with Crippen LogP contribution >= 0.6 is 46.4 Å². The van der Waals surface area contributed by atoms with E-state index < -0.39 is 0 Å². The molecule has 0 heterocycles. The highest BCUT2D eigenvalue weighted by Gasteiger charge is 1.97. The van der Waals surface area contributed by atoms with Gasteiger partial charge in [0, 0.05) is 11.8 Å². The lowest BCUT2D eigenvalue weighted by molar-refractivity contribution is 1.21. The van der Waals surface area contributed by atoms with Gasteiger partial charge in [-0.05, 0) is 0 Å². The molecule has 0 nitrogen and oxygen atoms in total. The number of rotatable bonds is 5. The van der Waals surface area contributed by atoms with E-state index >= 15 is 0 Å². The molecule has 0 radical (unpaired) electrons. The van der Waals surface area contributed by atoms with Crippen LogP contribution in [0.1, 0.15) is 0 Å². The molecule has 12 heavy (non-hydrogen) atoms. The minimum absolute atomic E-state index is 0.155. The molecule has 0 saturated carbocycles. The highest BCUT2D eigenvalue weighted by Crippen LogP contribution is 2.05. The van der Waals surface area contributed by atoms with Gasteiger partial charge in [-0.3, -0.25) is 0 Å². The number of halogens is 4. The third kappa shape index (κ3) is 7.30. The largest absolute Gasteiger partial charge is 0.125 e. The molecular formula is C8H10Cl4. The molecule has 0 amide bonds. The van der Waals surface area contributed by atoms with E-state index in [1.165, 1.54) is 0 Å². The molecule has 4 heteroatoms. The SMILES string of the molecule is ClCC=CC(Cl)C=CC(Cl)CCl. The lowest BCUT2D eigenvalue weighted by Gasteiger charge is -1.97. The number of alkyl halides is 4. The van der Waals surface area contributed by atoms with Gasteiger partial charge in [-0.15, -0.1) is 46.4 Å². The van der Waals surface area contributed by atoms with Crippen LogP contribution in [-0.4, -0.2) is 22.5 Å². The van der Waals surface area contributed by atoms with Gasteiger partial charge in [0.25, 0.3) is 0 Å². The van der Waals surface area contributed by atoms with Gasteiger partial charge < -0.3 is 0 Å². The Hall–Kier alpha value is 0.640. The molecule has 0 N–H and O–H groups in total. The van der Waals surface area contributed by atoms with Gasteiger partial charge in [-0.25, -0.2) is 0 Å². The zero-order valence-electron chi connectivity index (χ0n) is 6.39. The van der Waals surface area contributed by atoms with Crippen LogP contribution in [0.25, 0.3) is 0 Å². The molecule has 70 valence electrons. The minimum atomic E-state index is -0.159. The van der Waals surface area contributed by atoms with Crippen LogP contribution in [-0.2, 0) is 0 Å². The molecule has 0 aliphatic heterocycles. The maximum Gasteiger partial charge on any atom is 0.0697 e. The topological polar surface area (TPSA) is 0 Å². The van der Waals surface area contributed by atoms with Crippen LogP contribution in [0.3, 0.4) is 0 Å². The van der Waals surface area contributed by atoms with Crippen molar-refractivity contribution in [1.29, 1.82) is 0 Å². The van der Waals surface area contributed by atoms with Gasteiger partial charge in [-0.2, -0.15) is 0 Å². The van der Waals surface area contributed by atoms with Crippen LogP contribution in [0.4, 0.5) is 0 Å². The fraction of sp³-hybridized carbons (Fsp3) is 0.500. The molecule has 0 fully saturated rings.